The predicted octanol–water partition coefficient (Wildman–Crippen LogP) is 0.147. The summed E-state index contributed by atoms with van der Waals surface area (Å²) in [5, 5.41) is 26.2. The largest absolute Gasteiger partial charge is 0.395 e. The standard InChI is InChI=1S/C10H20N4O2S/c1-2-3-11-10-9(12-13-17-10)8-14(4-6-15)5-7-16/h11,15-16H,2-8H2,1H3. The van der Waals surface area contributed by atoms with Gasteiger partial charge < -0.3 is 15.5 Å². The molecule has 1 aromatic heterocycles. The monoisotopic (exact) mass is 260 g/mol. The molecule has 0 bridgehead atoms. The first-order chi connectivity index (χ1) is 8.31. The van der Waals surface area contributed by atoms with E-state index < -0.39 is 0 Å². The third-order valence-corrected chi connectivity index (χ3v) is 3.02. The van der Waals surface area contributed by atoms with Crippen LogP contribution >= 0.6 is 11.5 Å². The molecule has 0 aliphatic heterocycles. The minimum absolute atomic E-state index is 0.0787. The van der Waals surface area contributed by atoms with Gasteiger partial charge in [0.2, 0.25) is 0 Å². The number of nitrogens with one attached hydrogen (secondary N) is 1. The van der Waals surface area contributed by atoms with Crippen LogP contribution in [-0.2, 0) is 6.54 Å². The van der Waals surface area contributed by atoms with Crippen LogP contribution in [0.4, 0.5) is 5.00 Å². The van der Waals surface area contributed by atoms with Crippen LogP contribution in [0, 0.1) is 0 Å². The fraction of sp³-hybridized carbons (Fsp3) is 0.800. The number of rotatable bonds is 9. The molecule has 0 aromatic carbocycles. The van der Waals surface area contributed by atoms with Gasteiger partial charge >= 0.3 is 0 Å². The molecule has 0 amide bonds. The summed E-state index contributed by atoms with van der Waals surface area (Å²) in [6.07, 6.45) is 1.05. The second-order valence-corrected chi connectivity index (χ2v) is 4.45. The number of aromatic nitrogens is 2. The van der Waals surface area contributed by atoms with Gasteiger partial charge in [-0.3, -0.25) is 4.90 Å². The molecule has 0 atom stereocenters. The highest BCUT2D eigenvalue weighted by Crippen LogP contribution is 2.19. The zero-order valence-corrected chi connectivity index (χ0v) is 10.9. The van der Waals surface area contributed by atoms with Gasteiger partial charge in [-0.05, 0) is 6.42 Å². The zero-order chi connectivity index (χ0) is 12.5. The molecule has 1 heterocycles. The zero-order valence-electron chi connectivity index (χ0n) is 10.1. The highest BCUT2D eigenvalue weighted by molar-refractivity contribution is 7.10. The van der Waals surface area contributed by atoms with Gasteiger partial charge in [-0.25, -0.2) is 0 Å². The number of anilines is 1. The van der Waals surface area contributed by atoms with E-state index in [2.05, 4.69) is 21.8 Å². The van der Waals surface area contributed by atoms with Gasteiger partial charge in [0.25, 0.3) is 0 Å². The van der Waals surface area contributed by atoms with Gasteiger partial charge in [0.15, 0.2) is 0 Å². The molecule has 0 saturated heterocycles. The maximum atomic E-state index is 8.93. The molecule has 0 spiro atoms. The van der Waals surface area contributed by atoms with Gasteiger partial charge in [0.05, 0.1) is 13.2 Å². The lowest BCUT2D eigenvalue weighted by atomic mass is 10.3. The van der Waals surface area contributed by atoms with E-state index in [1.807, 2.05) is 4.90 Å². The topological polar surface area (TPSA) is 81.5 Å². The van der Waals surface area contributed by atoms with Crippen LogP contribution in [0.1, 0.15) is 19.0 Å². The summed E-state index contributed by atoms with van der Waals surface area (Å²) in [5.74, 6) is 0. The van der Waals surface area contributed by atoms with Crippen molar-refractivity contribution >= 4 is 16.5 Å². The molecule has 0 aliphatic carbocycles. The van der Waals surface area contributed by atoms with Crippen LogP contribution in [0.15, 0.2) is 0 Å². The molecule has 7 heteroatoms. The van der Waals surface area contributed by atoms with Crippen molar-refractivity contribution in [3.63, 3.8) is 0 Å². The summed E-state index contributed by atoms with van der Waals surface area (Å²) in [6.45, 7) is 4.83. The molecule has 0 radical (unpaired) electrons. The average molecular weight is 260 g/mol. The molecule has 0 fully saturated rings. The van der Waals surface area contributed by atoms with E-state index in [0.717, 1.165) is 23.7 Å². The predicted molar refractivity (Wildman–Crippen MR) is 68.1 cm³/mol. The third kappa shape index (κ3) is 4.95. The minimum Gasteiger partial charge on any atom is -0.395 e. The second kappa shape index (κ2) is 8.35. The third-order valence-electron chi connectivity index (χ3n) is 2.30. The van der Waals surface area contributed by atoms with Crippen molar-refractivity contribution in [2.24, 2.45) is 0 Å². The van der Waals surface area contributed by atoms with Crippen molar-refractivity contribution in [3.05, 3.63) is 5.69 Å². The van der Waals surface area contributed by atoms with E-state index in [1.54, 1.807) is 0 Å². The molecule has 3 N–H and O–H groups in total. The molecule has 17 heavy (non-hydrogen) atoms. The van der Waals surface area contributed by atoms with Crippen molar-refractivity contribution in [3.8, 4) is 0 Å². The maximum absolute atomic E-state index is 8.93. The highest BCUT2D eigenvalue weighted by Gasteiger charge is 2.12. The summed E-state index contributed by atoms with van der Waals surface area (Å²) in [5.41, 5.74) is 0.880. The number of hydrogen-bond acceptors (Lipinski definition) is 7. The van der Waals surface area contributed by atoms with E-state index in [-0.39, 0.29) is 13.2 Å². The molecule has 1 aromatic rings. The highest BCUT2D eigenvalue weighted by atomic mass is 32.1. The first-order valence-corrected chi connectivity index (χ1v) is 6.58. The fourth-order valence-corrected chi connectivity index (χ4v) is 2.05. The Kier molecular flexibility index (Phi) is 7.02. The SMILES string of the molecule is CCCNc1snnc1CN(CCO)CCO. The van der Waals surface area contributed by atoms with Crippen LogP contribution < -0.4 is 5.32 Å². The summed E-state index contributed by atoms with van der Waals surface area (Å²) >= 11 is 1.34. The Hall–Kier alpha value is -0.760. The van der Waals surface area contributed by atoms with E-state index >= 15 is 0 Å². The van der Waals surface area contributed by atoms with Crippen LogP contribution in [0.2, 0.25) is 0 Å². The second-order valence-electron chi connectivity index (χ2n) is 3.70. The Morgan fingerprint density at radius 1 is 1.29 bits per heavy atom. The first kappa shape index (κ1) is 14.3. The van der Waals surface area contributed by atoms with E-state index in [1.165, 1.54) is 11.5 Å². The molecular formula is C10H20N4O2S. The van der Waals surface area contributed by atoms with Crippen LogP contribution in [0.25, 0.3) is 0 Å². The lowest BCUT2D eigenvalue weighted by Crippen LogP contribution is -2.29. The van der Waals surface area contributed by atoms with Gasteiger partial charge in [0, 0.05) is 37.7 Å². The van der Waals surface area contributed by atoms with Crippen LogP contribution in [0.3, 0.4) is 0 Å². The molecule has 0 aliphatic rings. The fourth-order valence-electron chi connectivity index (χ4n) is 1.45. The molecule has 98 valence electrons. The quantitative estimate of drug-likeness (QED) is 0.586. The van der Waals surface area contributed by atoms with Crippen LogP contribution in [0.5, 0.6) is 0 Å². The van der Waals surface area contributed by atoms with Crippen molar-refractivity contribution in [2.45, 2.75) is 19.9 Å². The Morgan fingerprint density at radius 3 is 2.59 bits per heavy atom. The van der Waals surface area contributed by atoms with E-state index in [4.69, 9.17) is 10.2 Å². The van der Waals surface area contributed by atoms with Gasteiger partial charge in [-0.2, -0.15) is 0 Å². The molecule has 6 nitrogen and oxygen atoms in total. The number of hydrogen-bond donors (Lipinski definition) is 3. The summed E-state index contributed by atoms with van der Waals surface area (Å²) < 4.78 is 3.93. The van der Waals surface area contributed by atoms with Gasteiger partial charge in [0.1, 0.15) is 10.7 Å². The number of aliphatic hydroxyl groups is 2. The van der Waals surface area contributed by atoms with E-state index in [0.29, 0.717) is 19.6 Å². The average Bonchev–Trinajstić information content (AvgIpc) is 2.74. The van der Waals surface area contributed by atoms with Crippen molar-refractivity contribution in [1.29, 1.82) is 0 Å². The Labute approximate surface area is 105 Å². The molecule has 0 saturated carbocycles. The van der Waals surface area contributed by atoms with Crippen molar-refractivity contribution in [1.82, 2.24) is 14.5 Å². The Morgan fingerprint density at radius 2 is 2.00 bits per heavy atom. The Balaban J connectivity index is 2.55. The molecular weight excluding hydrogens is 240 g/mol. The van der Waals surface area contributed by atoms with Gasteiger partial charge in [-0.15, -0.1) is 5.10 Å². The summed E-state index contributed by atoms with van der Waals surface area (Å²) in [4.78, 5) is 1.95. The lowest BCUT2D eigenvalue weighted by molar-refractivity contribution is 0.155. The maximum Gasteiger partial charge on any atom is 0.134 e. The van der Waals surface area contributed by atoms with Crippen molar-refractivity contribution in [2.75, 3.05) is 38.2 Å². The number of nitrogens with zero attached hydrogens (tertiary/aromatic N) is 3. The lowest BCUT2D eigenvalue weighted by Gasteiger charge is -2.19. The smallest absolute Gasteiger partial charge is 0.134 e. The van der Waals surface area contributed by atoms with Crippen molar-refractivity contribution < 1.29 is 10.2 Å². The molecule has 1 rings (SSSR count). The minimum atomic E-state index is 0.0787. The first-order valence-electron chi connectivity index (χ1n) is 5.81. The van der Waals surface area contributed by atoms with E-state index in [9.17, 15) is 0 Å². The van der Waals surface area contributed by atoms with Gasteiger partial charge in [-0.1, -0.05) is 11.4 Å². The number of aliphatic hydroxyl groups excluding tert-OH is 2. The molecule has 0 unspecified atom stereocenters. The summed E-state index contributed by atoms with van der Waals surface area (Å²) in [7, 11) is 0. The normalized spacial score (nSPS) is 11.1. The summed E-state index contributed by atoms with van der Waals surface area (Å²) in [6, 6.07) is 0. The Bertz CT molecular complexity index is 302. The van der Waals surface area contributed by atoms with Crippen LogP contribution in [-0.4, -0.2) is 57.5 Å².